The summed E-state index contributed by atoms with van der Waals surface area (Å²) < 4.78 is 0. The highest BCUT2D eigenvalue weighted by Gasteiger charge is 2.49. The molecule has 7 aromatic rings. The topological polar surface area (TPSA) is 9.72 Å². The normalized spacial score (nSPS) is 17.8. The van der Waals surface area contributed by atoms with E-state index in [1.807, 2.05) is 0 Å². The van der Waals surface area contributed by atoms with Gasteiger partial charge >= 0.3 is 0 Å². The lowest BCUT2D eigenvalue weighted by Crippen LogP contribution is -2.62. The summed E-state index contributed by atoms with van der Waals surface area (Å²) in [7, 11) is 0. The Labute approximate surface area is 427 Å². The van der Waals surface area contributed by atoms with Gasteiger partial charge in [0.25, 0.3) is 6.71 Å². The summed E-state index contributed by atoms with van der Waals surface area (Å²) in [5, 5.41) is 0. The molecule has 3 nitrogen and oxygen atoms in total. The summed E-state index contributed by atoms with van der Waals surface area (Å²) in [4.78, 5) is 7.86. The highest BCUT2D eigenvalue weighted by molar-refractivity contribution is 7.00. The zero-order valence-corrected chi connectivity index (χ0v) is 45.7. The summed E-state index contributed by atoms with van der Waals surface area (Å²) in [6.45, 7) is 38.7. The predicted molar refractivity (Wildman–Crippen MR) is 308 cm³/mol. The number of nitrogens with zero attached hydrogens (tertiary/aromatic N) is 3. The average Bonchev–Trinajstić information content (AvgIpc) is 3.48. The first-order valence-corrected chi connectivity index (χ1v) is 26.6. The second-order valence-electron chi connectivity index (χ2n) is 26.6. The lowest BCUT2D eigenvalue weighted by Gasteiger charge is -2.48. The van der Waals surface area contributed by atoms with Crippen LogP contribution in [0.5, 0.6) is 0 Å². The molecule has 0 spiro atoms. The molecule has 71 heavy (non-hydrogen) atoms. The SMILES string of the molecule is Cc1ccc(C(C)(C)C)cc1N1c2ccc(N(c3ccccc3)c3ccccc3)cc2B2c3cc4c(cc3N(c3cc5c(cc3C)C(C)(C)CC5(C)C)c3cc(C(C)(C)C)cc1c32)C(C)(C)CCC4(C)C. The minimum atomic E-state index is -0.127. The van der Waals surface area contributed by atoms with E-state index in [9.17, 15) is 0 Å². The molecule has 4 aliphatic rings. The van der Waals surface area contributed by atoms with Crippen molar-refractivity contribution in [3.05, 3.63) is 178 Å². The minimum Gasteiger partial charge on any atom is -0.311 e. The highest BCUT2D eigenvalue weighted by atomic mass is 15.2. The van der Waals surface area contributed by atoms with Gasteiger partial charge in [-0.05, 0) is 199 Å². The van der Waals surface area contributed by atoms with E-state index in [0.717, 1.165) is 36.3 Å². The Morgan fingerprint density at radius 2 is 0.873 bits per heavy atom. The van der Waals surface area contributed by atoms with Gasteiger partial charge in [0, 0.05) is 51.2 Å². The van der Waals surface area contributed by atoms with Gasteiger partial charge in [-0.3, -0.25) is 0 Å². The maximum Gasteiger partial charge on any atom is 0.252 e. The number of fused-ring (bicyclic) bond motifs is 6. The largest absolute Gasteiger partial charge is 0.311 e. The van der Waals surface area contributed by atoms with Crippen molar-refractivity contribution in [2.45, 2.75) is 163 Å². The molecule has 0 aromatic heterocycles. The van der Waals surface area contributed by atoms with Crippen molar-refractivity contribution >= 4 is 74.3 Å². The molecule has 0 saturated heterocycles. The molecule has 7 aromatic carbocycles. The molecule has 4 heteroatoms. The summed E-state index contributed by atoms with van der Waals surface area (Å²) >= 11 is 0. The van der Waals surface area contributed by atoms with E-state index in [-0.39, 0.29) is 39.2 Å². The molecular formula is C67H76BN3. The lowest BCUT2D eigenvalue weighted by atomic mass is 9.33. The van der Waals surface area contributed by atoms with E-state index in [2.05, 4.69) is 259 Å². The minimum absolute atomic E-state index is 0.0241. The van der Waals surface area contributed by atoms with Crippen molar-refractivity contribution in [1.82, 2.24) is 0 Å². The van der Waals surface area contributed by atoms with Crippen molar-refractivity contribution in [1.29, 1.82) is 0 Å². The third-order valence-electron chi connectivity index (χ3n) is 17.4. The van der Waals surface area contributed by atoms with Gasteiger partial charge in [0.2, 0.25) is 0 Å². The summed E-state index contributed by atoms with van der Waals surface area (Å²) in [5.41, 5.74) is 26.5. The smallest absolute Gasteiger partial charge is 0.252 e. The van der Waals surface area contributed by atoms with Crippen molar-refractivity contribution in [3.8, 4) is 0 Å². The van der Waals surface area contributed by atoms with Crippen molar-refractivity contribution in [2.24, 2.45) is 0 Å². The molecule has 0 radical (unpaired) electrons. The molecule has 0 fully saturated rings. The zero-order chi connectivity index (χ0) is 50.5. The second kappa shape index (κ2) is 15.8. The third-order valence-corrected chi connectivity index (χ3v) is 17.4. The second-order valence-corrected chi connectivity index (χ2v) is 26.6. The molecule has 0 atom stereocenters. The maximum absolute atomic E-state index is 2.75. The van der Waals surface area contributed by atoms with Gasteiger partial charge in [-0.1, -0.05) is 158 Å². The first-order valence-electron chi connectivity index (χ1n) is 26.6. The van der Waals surface area contributed by atoms with E-state index >= 15 is 0 Å². The third kappa shape index (κ3) is 7.51. The van der Waals surface area contributed by atoms with Crippen molar-refractivity contribution < 1.29 is 0 Å². The molecule has 2 aliphatic heterocycles. The number of rotatable bonds is 5. The summed E-state index contributed by atoms with van der Waals surface area (Å²) in [5.74, 6) is 0. The Kier molecular flexibility index (Phi) is 10.5. The average molecular weight is 934 g/mol. The maximum atomic E-state index is 2.75. The van der Waals surface area contributed by atoms with Crippen LogP contribution in [-0.2, 0) is 32.5 Å². The molecule has 0 unspecified atom stereocenters. The lowest BCUT2D eigenvalue weighted by molar-refractivity contribution is 0.332. The molecule has 0 N–H and O–H groups in total. The van der Waals surface area contributed by atoms with E-state index < -0.39 is 0 Å². The van der Waals surface area contributed by atoms with Gasteiger partial charge in [0.1, 0.15) is 0 Å². The molecule has 0 saturated carbocycles. The fourth-order valence-electron chi connectivity index (χ4n) is 13.4. The Bertz CT molecular complexity index is 3250. The fourth-order valence-corrected chi connectivity index (χ4v) is 13.4. The Morgan fingerprint density at radius 1 is 0.408 bits per heavy atom. The summed E-state index contributed by atoms with van der Waals surface area (Å²) in [6, 6.07) is 52.2. The quantitative estimate of drug-likeness (QED) is 0.159. The molecule has 2 aliphatic carbocycles. The number of aryl methyl sites for hydroxylation is 2. The van der Waals surface area contributed by atoms with Gasteiger partial charge < -0.3 is 14.7 Å². The fraction of sp³-hybridized carbons (Fsp3) is 0.373. The van der Waals surface area contributed by atoms with Crippen LogP contribution in [0.25, 0.3) is 0 Å². The standard InChI is InChI=1S/C67H76BN3/c1-42-27-28-44(62(3,4)5)34-56(42)70-55-30-29-48(69(46-23-19-17-20-24-46)47-25-21-18-22-26-47)37-53(55)68-54-38-50-51(65(11,12)32-31-64(50,9)10)40-58(54)71(60-36-45(63(6,7)8)35-59(70)61(60)68)57-39-52-49(33-43(57)2)66(13,14)41-67(52,15)16/h17-30,33-40H,31-32,41H2,1-16H3. The first-order chi connectivity index (χ1) is 33.3. The Balaban J connectivity index is 1.30. The van der Waals surface area contributed by atoms with Gasteiger partial charge in [-0.2, -0.15) is 0 Å². The molecule has 2 heterocycles. The van der Waals surface area contributed by atoms with Gasteiger partial charge in [0.05, 0.1) is 0 Å². The Hall–Kier alpha value is -6.00. The number of hydrogen-bond acceptors (Lipinski definition) is 3. The van der Waals surface area contributed by atoms with E-state index in [1.54, 1.807) is 0 Å². The molecule has 0 amide bonds. The van der Waals surface area contributed by atoms with Crippen LogP contribution in [-0.4, -0.2) is 6.71 Å². The molecule has 0 bridgehead atoms. The van der Waals surface area contributed by atoms with Crippen LogP contribution >= 0.6 is 0 Å². The number of hydrogen-bond donors (Lipinski definition) is 0. The predicted octanol–water partition coefficient (Wildman–Crippen LogP) is 16.8. The van der Waals surface area contributed by atoms with Crippen LogP contribution in [0, 0.1) is 13.8 Å². The number of benzene rings is 7. The van der Waals surface area contributed by atoms with Gasteiger partial charge in [-0.15, -0.1) is 0 Å². The van der Waals surface area contributed by atoms with Crippen molar-refractivity contribution in [2.75, 3.05) is 14.7 Å². The highest BCUT2D eigenvalue weighted by Crippen LogP contribution is 2.55. The molecular weight excluding hydrogens is 858 g/mol. The summed E-state index contributed by atoms with van der Waals surface area (Å²) in [6.07, 6.45) is 3.45. The van der Waals surface area contributed by atoms with E-state index in [1.165, 1.54) is 95.0 Å². The van der Waals surface area contributed by atoms with Gasteiger partial charge in [-0.25, -0.2) is 0 Å². The van der Waals surface area contributed by atoms with Crippen LogP contribution in [0.2, 0.25) is 0 Å². The van der Waals surface area contributed by atoms with Crippen LogP contribution in [0.4, 0.5) is 51.2 Å². The monoisotopic (exact) mass is 934 g/mol. The Morgan fingerprint density at radius 3 is 1.44 bits per heavy atom. The van der Waals surface area contributed by atoms with Crippen LogP contribution in [0.3, 0.4) is 0 Å². The van der Waals surface area contributed by atoms with Crippen molar-refractivity contribution in [3.63, 3.8) is 0 Å². The van der Waals surface area contributed by atoms with Gasteiger partial charge in [0.15, 0.2) is 0 Å². The van der Waals surface area contributed by atoms with Crippen LogP contribution in [0.15, 0.2) is 133 Å². The first kappa shape index (κ1) is 47.3. The van der Waals surface area contributed by atoms with E-state index in [0.29, 0.717) is 0 Å². The van der Waals surface area contributed by atoms with Crippen LogP contribution in [0.1, 0.15) is 161 Å². The zero-order valence-electron chi connectivity index (χ0n) is 45.7. The molecule has 11 rings (SSSR count). The molecule has 362 valence electrons. The number of para-hydroxylation sites is 2. The number of anilines is 9. The van der Waals surface area contributed by atoms with E-state index in [4.69, 9.17) is 0 Å². The van der Waals surface area contributed by atoms with Crippen LogP contribution < -0.4 is 31.1 Å².